The maximum atomic E-state index is 12.1. The van der Waals surface area contributed by atoms with Gasteiger partial charge in [-0.3, -0.25) is 4.79 Å². The molecule has 1 heterocycles. The predicted molar refractivity (Wildman–Crippen MR) is 102 cm³/mol. The van der Waals surface area contributed by atoms with Crippen LogP contribution in [0.2, 0.25) is 0 Å². The molecule has 1 aliphatic rings. The van der Waals surface area contributed by atoms with E-state index < -0.39 is 0 Å². The lowest BCUT2D eigenvalue weighted by Crippen LogP contribution is -2.40. The maximum Gasteiger partial charge on any atom is 0.244 e. The zero-order valence-electron chi connectivity index (χ0n) is 15.4. The zero-order chi connectivity index (χ0) is 19.8. The molecule has 0 fully saturated rings. The molecule has 1 atom stereocenters. The van der Waals surface area contributed by atoms with Gasteiger partial charge in [0.25, 0.3) is 0 Å². The van der Waals surface area contributed by atoms with Gasteiger partial charge in [0.2, 0.25) is 5.91 Å². The fourth-order valence-electron chi connectivity index (χ4n) is 2.63. The molecule has 7 heteroatoms. The number of nitrogens with zero attached hydrogens (tertiary/aromatic N) is 1. The molecule has 28 heavy (non-hydrogen) atoms. The number of methoxy groups -OCH3 is 1. The molecule has 0 unspecified atom stereocenters. The van der Waals surface area contributed by atoms with Crippen molar-refractivity contribution >= 4 is 12.0 Å². The van der Waals surface area contributed by atoms with E-state index in [2.05, 4.69) is 5.32 Å². The second kappa shape index (κ2) is 9.33. The summed E-state index contributed by atoms with van der Waals surface area (Å²) in [6.07, 6.45) is 2.85. The van der Waals surface area contributed by atoms with Crippen LogP contribution in [0.5, 0.6) is 23.0 Å². The number of benzene rings is 2. The Hall–Kier alpha value is -3.66. The van der Waals surface area contributed by atoms with Crippen LogP contribution in [0, 0.1) is 11.3 Å². The first kappa shape index (κ1) is 19.1. The van der Waals surface area contributed by atoms with E-state index in [0.29, 0.717) is 36.1 Å². The van der Waals surface area contributed by atoms with Crippen LogP contribution < -0.4 is 24.3 Å². The molecule has 2 aromatic rings. The molecular weight excluding hydrogens is 360 g/mol. The van der Waals surface area contributed by atoms with E-state index in [1.165, 1.54) is 13.2 Å². The number of fused-ring (bicyclic) bond motifs is 1. The van der Waals surface area contributed by atoms with Crippen molar-refractivity contribution in [1.29, 1.82) is 5.26 Å². The van der Waals surface area contributed by atoms with Gasteiger partial charge < -0.3 is 24.3 Å². The summed E-state index contributed by atoms with van der Waals surface area (Å²) in [5.74, 6) is 2.10. The molecule has 0 aromatic heterocycles. The largest absolute Gasteiger partial charge is 0.493 e. The number of hydrogen-bond donors (Lipinski definition) is 1. The number of hydrogen-bond acceptors (Lipinski definition) is 6. The minimum atomic E-state index is -0.246. The second-order valence-electron chi connectivity index (χ2n) is 5.93. The third kappa shape index (κ3) is 4.95. The van der Waals surface area contributed by atoms with E-state index >= 15 is 0 Å². The molecule has 1 amide bonds. The summed E-state index contributed by atoms with van der Waals surface area (Å²) >= 11 is 0. The lowest BCUT2D eigenvalue weighted by atomic mass is 10.2. The van der Waals surface area contributed by atoms with Crippen molar-refractivity contribution in [2.24, 2.45) is 0 Å². The molecule has 0 saturated heterocycles. The molecule has 1 aliphatic heterocycles. The van der Waals surface area contributed by atoms with E-state index in [9.17, 15) is 4.79 Å². The molecule has 3 rings (SSSR count). The molecule has 0 bridgehead atoms. The van der Waals surface area contributed by atoms with Crippen molar-refractivity contribution in [3.63, 3.8) is 0 Å². The molecule has 1 N–H and O–H groups in total. The van der Waals surface area contributed by atoms with Gasteiger partial charge in [-0.05, 0) is 35.9 Å². The fraction of sp³-hybridized carbons (Fsp3) is 0.238. The normalized spacial score (nSPS) is 14.9. The molecule has 0 aliphatic carbocycles. The highest BCUT2D eigenvalue weighted by molar-refractivity contribution is 5.91. The van der Waals surface area contributed by atoms with E-state index in [4.69, 9.17) is 24.2 Å². The summed E-state index contributed by atoms with van der Waals surface area (Å²) in [7, 11) is 1.51. The van der Waals surface area contributed by atoms with Crippen LogP contribution in [0.15, 0.2) is 48.5 Å². The molecule has 144 valence electrons. The van der Waals surface area contributed by atoms with E-state index in [1.54, 1.807) is 24.3 Å². The van der Waals surface area contributed by atoms with Crippen molar-refractivity contribution < 1.29 is 23.7 Å². The van der Waals surface area contributed by atoms with Crippen LogP contribution in [0.3, 0.4) is 0 Å². The van der Waals surface area contributed by atoms with Gasteiger partial charge in [-0.25, -0.2) is 0 Å². The van der Waals surface area contributed by atoms with Crippen LogP contribution >= 0.6 is 0 Å². The Balaban J connectivity index is 1.52. The Morgan fingerprint density at radius 3 is 2.89 bits per heavy atom. The standard InChI is InChI=1S/C21H20N2O5/c1-25-20-12-15(6-8-18(20)26-11-10-22)7-9-21(24)23-13-16-14-27-17-4-2-3-5-19(17)28-16/h2-9,12,16H,11,13-14H2,1H3,(H,23,24)/b9-7+/t16-/m0/s1. The number of para-hydroxylation sites is 2. The quantitative estimate of drug-likeness (QED) is 0.743. The monoisotopic (exact) mass is 380 g/mol. The molecule has 0 saturated carbocycles. The van der Waals surface area contributed by atoms with Crippen LogP contribution in [0.4, 0.5) is 0 Å². The summed E-state index contributed by atoms with van der Waals surface area (Å²) in [6.45, 7) is 0.648. The van der Waals surface area contributed by atoms with Crippen molar-refractivity contribution in [1.82, 2.24) is 5.32 Å². The zero-order valence-corrected chi connectivity index (χ0v) is 15.4. The minimum Gasteiger partial charge on any atom is -0.493 e. The number of ether oxygens (including phenoxy) is 4. The van der Waals surface area contributed by atoms with Gasteiger partial charge in [0, 0.05) is 6.08 Å². The third-order valence-corrected chi connectivity index (χ3v) is 3.98. The number of nitrogens with one attached hydrogen (secondary N) is 1. The van der Waals surface area contributed by atoms with Crippen LogP contribution in [0.25, 0.3) is 6.08 Å². The average molecular weight is 380 g/mol. The topological polar surface area (TPSA) is 89.8 Å². The molecule has 2 aromatic carbocycles. The molecule has 0 spiro atoms. The maximum absolute atomic E-state index is 12.1. The van der Waals surface area contributed by atoms with Gasteiger partial charge in [-0.1, -0.05) is 18.2 Å². The summed E-state index contributed by atoms with van der Waals surface area (Å²) in [6, 6.07) is 14.5. The number of carbonyl (C=O) groups excluding carboxylic acids is 1. The van der Waals surface area contributed by atoms with Crippen LogP contribution in [-0.4, -0.2) is 38.9 Å². The first-order valence-corrected chi connectivity index (χ1v) is 8.72. The fourth-order valence-corrected chi connectivity index (χ4v) is 2.63. The van der Waals surface area contributed by atoms with Gasteiger partial charge >= 0.3 is 0 Å². The highest BCUT2D eigenvalue weighted by atomic mass is 16.6. The molecular formula is C21H20N2O5. The Bertz CT molecular complexity index is 904. The number of rotatable bonds is 7. The molecule has 7 nitrogen and oxygen atoms in total. The van der Waals surface area contributed by atoms with Crippen molar-refractivity contribution in [2.45, 2.75) is 6.10 Å². The molecule has 0 radical (unpaired) electrons. The Kier molecular flexibility index (Phi) is 6.37. The number of amides is 1. The predicted octanol–water partition coefficient (Wildman–Crippen LogP) is 2.57. The summed E-state index contributed by atoms with van der Waals surface area (Å²) in [5, 5.41) is 11.4. The lowest BCUT2D eigenvalue weighted by Gasteiger charge is -2.26. The van der Waals surface area contributed by atoms with Gasteiger partial charge in [0.15, 0.2) is 29.6 Å². The van der Waals surface area contributed by atoms with E-state index in [1.807, 2.05) is 30.3 Å². The van der Waals surface area contributed by atoms with Gasteiger partial charge in [-0.2, -0.15) is 5.26 Å². The van der Waals surface area contributed by atoms with E-state index in [-0.39, 0.29) is 18.6 Å². The number of nitriles is 1. The Morgan fingerprint density at radius 1 is 1.29 bits per heavy atom. The summed E-state index contributed by atoms with van der Waals surface area (Å²) in [5.41, 5.74) is 0.766. The van der Waals surface area contributed by atoms with Gasteiger partial charge in [-0.15, -0.1) is 0 Å². The van der Waals surface area contributed by atoms with Crippen molar-refractivity contribution in [3.05, 3.63) is 54.1 Å². The smallest absolute Gasteiger partial charge is 0.244 e. The summed E-state index contributed by atoms with van der Waals surface area (Å²) in [4.78, 5) is 12.1. The summed E-state index contributed by atoms with van der Waals surface area (Å²) < 4.78 is 21.9. The Morgan fingerprint density at radius 2 is 2.11 bits per heavy atom. The second-order valence-corrected chi connectivity index (χ2v) is 5.93. The van der Waals surface area contributed by atoms with Crippen LogP contribution in [0.1, 0.15) is 5.56 Å². The highest BCUT2D eigenvalue weighted by Gasteiger charge is 2.20. The van der Waals surface area contributed by atoms with Crippen LogP contribution in [-0.2, 0) is 4.79 Å². The first-order valence-electron chi connectivity index (χ1n) is 8.72. The first-order chi connectivity index (χ1) is 13.7. The highest BCUT2D eigenvalue weighted by Crippen LogP contribution is 2.30. The van der Waals surface area contributed by atoms with Gasteiger partial charge in [0.1, 0.15) is 18.8 Å². The van der Waals surface area contributed by atoms with E-state index in [0.717, 1.165) is 5.56 Å². The van der Waals surface area contributed by atoms with Crippen molar-refractivity contribution in [2.75, 3.05) is 26.9 Å². The lowest BCUT2D eigenvalue weighted by molar-refractivity contribution is -0.116. The number of carbonyl (C=O) groups is 1. The minimum absolute atomic E-state index is 0.0641. The van der Waals surface area contributed by atoms with Gasteiger partial charge in [0.05, 0.1) is 13.7 Å². The third-order valence-electron chi connectivity index (χ3n) is 3.98. The Labute approximate surface area is 163 Å². The average Bonchev–Trinajstić information content (AvgIpc) is 2.74. The SMILES string of the molecule is COc1cc(/C=C/C(=O)NC[C@H]2COc3ccccc3O2)ccc1OCC#N. The van der Waals surface area contributed by atoms with Crippen molar-refractivity contribution in [3.8, 4) is 29.1 Å².